The lowest BCUT2D eigenvalue weighted by atomic mass is 9.98. The highest BCUT2D eigenvalue weighted by Crippen LogP contribution is 2.18. The minimum absolute atomic E-state index is 0.0593. The highest BCUT2D eigenvalue weighted by molar-refractivity contribution is 7.99. The van der Waals surface area contributed by atoms with E-state index in [2.05, 4.69) is 26.1 Å². The van der Waals surface area contributed by atoms with Crippen molar-refractivity contribution >= 4 is 40.6 Å². The van der Waals surface area contributed by atoms with Gasteiger partial charge >= 0.3 is 0 Å². The molecule has 0 fully saturated rings. The minimum Gasteiger partial charge on any atom is -0.476 e. The molecule has 134 valence electrons. The molecule has 3 nitrogen and oxygen atoms in total. The van der Waals surface area contributed by atoms with E-state index in [1.165, 1.54) is 0 Å². The molecular formula is C19H29NO2S2. The van der Waals surface area contributed by atoms with Gasteiger partial charge in [0.15, 0.2) is 5.05 Å². The maximum absolute atomic E-state index is 11.8. The van der Waals surface area contributed by atoms with E-state index in [0.29, 0.717) is 17.4 Å². The van der Waals surface area contributed by atoms with Gasteiger partial charge in [0.05, 0.1) is 0 Å². The zero-order valence-corrected chi connectivity index (χ0v) is 16.6. The van der Waals surface area contributed by atoms with Crippen LogP contribution in [0.25, 0.3) is 0 Å². The smallest absolute Gasteiger partial charge is 0.224 e. The van der Waals surface area contributed by atoms with Gasteiger partial charge in [-0.3, -0.25) is 4.79 Å². The van der Waals surface area contributed by atoms with E-state index in [9.17, 15) is 4.79 Å². The molecule has 0 aliphatic rings. The average Bonchev–Trinajstić information content (AvgIpc) is 2.53. The Labute approximate surface area is 155 Å². The summed E-state index contributed by atoms with van der Waals surface area (Å²) in [6.07, 6.45) is 4.91. The summed E-state index contributed by atoms with van der Waals surface area (Å²) in [5, 5.41) is 3.59. The molecule has 0 unspecified atom stereocenters. The van der Waals surface area contributed by atoms with Crippen molar-refractivity contribution in [2.75, 3.05) is 17.0 Å². The van der Waals surface area contributed by atoms with Crippen LogP contribution in [0.2, 0.25) is 0 Å². The lowest BCUT2D eigenvalue weighted by Crippen LogP contribution is -2.20. The number of thiocarbonyl (C=S) groups is 1. The van der Waals surface area contributed by atoms with E-state index in [1.807, 2.05) is 30.3 Å². The van der Waals surface area contributed by atoms with Crippen LogP contribution in [-0.2, 0) is 9.53 Å². The summed E-state index contributed by atoms with van der Waals surface area (Å²) in [6, 6.07) is 9.59. The Hall–Kier alpha value is -1.07. The van der Waals surface area contributed by atoms with E-state index in [1.54, 1.807) is 11.8 Å². The molecule has 0 saturated heterocycles. The molecule has 0 heterocycles. The summed E-state index contributed by atoms with van der Waals surface area (Å²) in [6.45, 7) is 6.19. The van der Waals surface area contributed by atoms with Crippen molar-refractivity contribution in [3.8, 4) is 0 Å². The van der Waals surface area contributed by atoms with Crippen molar-refractivity contribution in [2.24, 2.45) is 5.41 Å². The number of nitrogens with one attached hydrogen (secondary N) is 1. The summed E-state index contributed by atoms with van der Waals surface area (Å²) in [5.41, 5.74) is 0.808. The van der Waals surface area contributed by atoms with Gasteiger partial charge in [-0.05, 0) is 42.9 Å². The fourth-order valence-electron chi connectivity index (χ4n) is 1.96. The van der Waals surface area contributed by atoms with Crippen LogP contribution in [0.3, 0.4) is 0 Å². The lowest BCUT2D eigenvalue weighted by Gasteiger charge is -2.19. The molecule has 0 aliphatic heterocycles. The molecule has 0 atom stereocenters. The van der Waals surface area contributed by atoms with E-state index in [-0.39, 0.29) is 11.3 Å². The summed E-state index contributed by atoms with van der Waals surface area (Å²) in [5.74, 6) is 1.80. The van der Waals surface area contributed by atoms with Gasteiger partial charge < -0.3 is 10.1 Å². The molecule has 1 amide bonds. The Balaban J connectivity index is 1.94. The Morgan fingerprint density at radius 3 is 2.46 bits per heavy atom. The first-order valence-electron chi connectivity index (χ1n) is 8.49. The predicted molar refractivity (Wildman–Crippen MR) is 109 cm³/mol. The van der Waals surface area contributed by atoms with Crippen molar-refractivity contribution < 1.29 is 9.53 Å². The number of carbonyl (C=O) groups is 1. The van der Waals surface area contributed by atoms with Crippen LogP contribution >= 0.6 is 24.0 Å². The molecule has 0 bridgehead atoms. The van der Waals surface area contributed by atoms with Gasteiger partial charge in [0, 0.05) is 17.5 Å². The molecular weight excluding hydrogens is 338 g/mol. The maximum Gasteiger partial charge on any atom is 0.224 e. The Kier molecular flexibility index (Phi) is 10.0. The first-order valence-corrected chi connectivity index (χ1v) is 10.1. The maximum atomic E-state index is 11.8. The highest BCUT2D eigenvalue weighted by Gasteiger charge is 2.18. The highest BCUT2D eigenvalue weighted by atomic mass is 32.2. The summed E-state index contributed by atoms with van der Waals surface area (Å²) in [4.78, 5) is 11.8. The van der Waals surface area contributed by atoms with Gasteiger partial charge in [-0.25, -0.2) is 0 Å². The number of para-hydroxylation sites is 1. The first-order chi connectivity index (χ1) is 11.4. The summed E-state index contributed by atoms with van der Waals surface area (Å²) < 4.78 is 5.56. The van der Waals surface area contributed by atoms with Gasteiger partial charge in [-0.1, -0.05) is 51.8 Å². The van der Waals surface area contributed by atoms with E-state index < -0.39 is 0 Å². The van der Waals surface area contributed by atoms with E-state index in [0.717, 1.165) is 37.1 Å². The molecule has 0 aromatic heterocycles. The van der Waals surface area contributed by atoms with Crippen molar-refractivity contribution in [3.63, 3.8) is 0 Å². The predicted octanol–water partition coefficient (Wildman–Crippen LogP) is 5.66. The lowest BCUT2D eigenvalue weighted by molar-refractivity contribution is -0.116. The zero-order valence-electron chi connectivity index (χ0n) is 15.0. The average molecular weight is 368 g/mol. The molecule has 1 rings (SSSR count). The van der Waals surface area contributed by atoms with Crippen molar-refractivity contribution in [2.45, 2.75) is 52.9 Å². The van der Waals surface area contributed by atoms with Crippen LogP contribution in [0.5, 0.6) is 0 Å². The number of carbonyl (C=O) groups excluding carboxylic acids is 1. The molecule has 1 aromatic carbocycles. The number of thioether (sulfide) groups is 1. The van der Waals surface area contributed by atoms with Crippen molar-refractivity contribution in [1.29, 1.82) is 0 Å². The van der Waals surface area contributed by atoms with Crippen LogP contribution in [0.1, 0.15) is 52.9 Å². The third-order valence-corrected chi connectivity index (χ3v) is 4.98. The fourth-order valence-corrected chi connectivity index (χ4v) is 2.82. The van der Waals surface area contributed by atoms with Gasteiger partial charge in [-0.2, -0.15) is 0 Å². The Morgan fingerprint density at radius 1 is 1.12 bits per heavy atom. The number of amides is 1. The molecule has 5 heteroatoms. The van der Waals surface area contributed by atoms with Gasteiger partial charge in [0.1, 0.15) is 5.94 Å². The molecule has 1 N–H and O–H groups in total. The fraction of sp³-hybridized carbons (Fsp3) is 0.579. The third kappa shape index (κ3) is 9.93. The van der Waals surface area contributed by atoms with Crippen LogP contribution in [-0.4, -0.2) is 22.6 Å². The molecule has 0 aliphatic carbocycles. The number of ether oxygens (including phenoxy) is 1. The van der Waals surface area contributed by atoms with Gasteiger partial charge in [-0.15, -0.1) is 11.8 Å². The Morgan fingerprint density at radius 2 is 1.79 bits per heavy atom. The monoisotopic (exact) mass is 367 g/mol. The number of hydrogen-bond donors (Lipinski definition) is 1. The standard InChI is InChI=1S/C19H29NO2S2/c1-19(2,3)18(23)22-15-24-14-10-5-4-9-13-17(21)20-16-11-7-6-8-12-16/h6-8,11-12H,4-5,9-10,13-15H2,1-3H3,(H,20,21). The number of hydrogen-bond acceptors (Lipinski definition) is 4. The second-order valence-corrected chi connectivity index (χ2v) is 8.21. The topological polar surface area (TPSA) is 38.3 Å². The zero-order chi connectivity index (χ0) is 17.8. The van der Waals surface area contributed by atoms with Crippen molar-refractivity contribution in [3.05, 3.63) is 30.3 Å². The minimum atomic E-state index is -0.0593. The number of benzene rings is 1. The normalized spacial score (nSPS) is 11.1. The number of rotatable bonds is 10. The molecule has 0 radical (unpaired) electrons. The summed E-state index contributed by atoms with van der Waals surface area (Å²) in [7, 11) is 0. The number of anilines is 1. The first kappa shape index (κ1) is 21.0. The number of unbranched alkanes of at least 4 members (excludes halogenated alkanes) is 3. The Bertz CT molecular complexity index is 498. The van der Waals surface area contributed by atoms with Crippen LogP contribution in [0, 0.1) is 5.41 Å². The van der Waals surface area contributed by atoms with Gasteiger partial charge in [0.2, 0.25) is 5.91 Å². The second-order valence-electron chi connectivity index (χ2n) is 6.79. The van der Waals surface area contributed by atoms with Gasteiger partial charge in [0.25, 0.3) is 0 Å². The molecule has 0 spiro atoms. The second kappa shape index (κ2) is 11.5. The van der Waals surface area contributed by atoms with E-state index in [4.69, 9.17) is 17.0 Å². The largest absolute Gasteiger partial charge is 0.476 e. The van der Waals surface area contributed by atoms with Crippen LogP contribution in [0.15, 0.2) is 30.3 Å². The van der Waals surface area contributed by atoms with Crippen LogP contribution < -0.4 is 5.32 Å². The third-order valence-electron chi connectivity index (χ3n) is 3.39. The SMILES string of the molecule is CC(C)(C)C(=S)OCSCCCCCCC(=O)Nc1ccccc1. The molecule has 0 saturated carbocycles. The van der Waals surface area contributed by atoms with E-state index >= 15 is 0 Å². The quantitative estimate of drug-likeness (QED) is 0.329. The molecule has 24 heavy (non-hydrogen) atoms. The van der Waals surface area contributed by atoms with Crippen molar-refractivity contribution in [1.82, 2.24) is 0 Å². The van der Waals surface area contributed by atoms with Crippen LogP contribution in [0.4, 0.5) is 5.69 Å². The molecule has 1 aromatic rings. The summed E-state index contributed by atoms with van der Waals surface area (Å²) >= 11 is 7.00.